The van der Waals surface area contributed by atoms with Gasteiger partial charge in [0, 0.05) is 7.43 Å². The van der Waals surface area contributed by atoms with Gasteiger partial charge in [0.1, 0.15) is 0 Å². The second-order valence-corrected chi connectivity index (χ2v) is 3.04. The SMILES string of the molecule is C1=C2CCC(C1)CC2.[C]. The van der Waals surface area contributed by atoms with Gasteiger partial charge in [0.15, 0.2) is 0 Å². The zero-order chi connectivity index (χ0) is 5.40. The van der Waals surface area contributed by atoms with Crippen LogP contribution in [0.3, 0.4) is 0 Å². The molecule has 0 saturated heterocycles. The van der Waals surface area contributed by atoms with Crippen molar-refractivity contribution < 1.29 is 0 Å². The van der Waals surface area contributed by atoms with E-state index in [-0.39, 0.29) is 7.43 Å². The lowest BCUT2D eigenvalue weighted by Crippen LogP contribution is -2.12. The fraction of sp³-hybridized carbons (Fsp3) is 0.667. The molecule has 4 radical (unpaired) electrons. The molecule has 3 aliphatic carbocycles. The molecule has 2 bridgehead atoms. The smallest absolute Gasteiger partial charge is 0 e. The summed E-state index contributed by atoms with van der Waals surface area (Å²) in [7, 11) is 0. The molecular formula is C9H12. The van der Waals surface area contributed by atoms with Crippen LogP contribution >= 0.6 is 0 Å². The van der Waals surface area contributed by atoms with Gasteiger partial charge in [-0.2, -0.15) is 0 Å². The highest BCUT2D eigenvalue weighted by Gasteiger charge is 2.19. The molecule has 0 N–H and O–H groups in total. The highest BCUT2D eigenvalue weighted by Crippen LogP contribution is 2.36. The highest BCUT2D eigenvalue weighted by atomic mass is 14.2. The first kappa shape index (κ1) is 6.85. The van der Waals surface area contributed by atoms with Crippen molar-refractivity contribution in [1.82, 2.24) is 0 Å². The average Bonchev–Trinajstić information content (AvgIpc) is 1.92. The second kappa shape index (κ2) is 2.55. The Hall–Kier alpha value is -0.260. The van der Waals surface area contributed by atoms with Gasteiger partial charge < -0.3 is 0 Å². The Morgan fingerprint density at radius 3 is 2.00 bits per heavy atom. The third-order valence-corrected chi connectivity index (χ3v) is 2.49. The zero-order valence-corrected chi connectivity index (χ0v) is 5.69. The van der Waals surface area contributed by atoms with Crippen LogP contribution < -0.4 is 0 Å². The highest BCUT2D eigenvalue weighted by molar-refractivity contribution is 5.10. The number of hydrogen-bond donors (Lipinski definition) is 0. The maximum Gasteiger partial charge on any atom is 0 e. The van der Waals surface area contributed by atoms with E-state index < -0.39 is 0 Å². The minimum absolute atomic E-state index is 0. The summed E-state index contributed by atoms with van der Waals surface area (Å²) in [5.74, 6) is 1.08. The molecule has 1 saturated carbocycles. The Kier molecular flexibility index (Phi) is 1.94. The molecule has 0 nitrogen and oxygen atoms in total. The lowest BCUT2D eigenvalue weighted by Gasteiger charge is -2.28. The summed E-state index contributed by atoms with van der Waals surface area (Å²) < 4.78 is 0. The van der Waals surface area contributed by atoms with E-state index in [0.29, 0.717) is 0 Å². The molecule has 0 amide bonds. The summed E-state index contributed by atoms with van der Waals surface area (Å²) >= 11 is 0. The molecule has 1 fully saturated rings. The molecule has 3 aliphatic rings. The van der Waals surface area contributed by atoms with E-state index in [1.807, 2.05) is 0 Å². The Labute approximate surface area is 58.0 Å². The Balaban J connectivity index is 0.000000405. The van der Waals surface area contributed by atoms with E-state index in [0.717, 1.165) is 5.92 Å². The van der Waals surface area contributed by atoms with Gasteiger partial charge in [-0.3, -0.25) is 0 Å². The molecule has 0 heteroatoms. The van der Waals surface area contributed by atoms with Crippen LogP contribution in [0.5, 0.6) is 0 Å². The predicted molar refractivity (Wildman–Crippen MR) is 37.9 cm³/mol. The molecule has 3 rings (SSSR count). The van der Waals surface area contributed by atoms with E-state index in [9.17, 15) is 0 Å². The largest absolute Gasteiger partial charge is 0.0851 e. The van der Waals surface area contributed by atoms with E-state index in [1.54, 1.807) is 5.57 Å². The minimum atomic E-state index is 0. The molecule has 0 spiro atoms. The van der Waals surface area contributed by atoms with Gasteiger partial charge in [0.05, 0.1) is 0 Å². The third-order valence-electron chi connectivity index (χ3n) is 2.49. The van der Waals surface area contributed by atoms with E-state index in [1.165, 1.54) is 32.1 Å². The van der Waals surface area contributed by atoms with E-state index >= 15 is 0 Å². The minimum Gasteiger partial charge on any atom is -0.0851 e. The van der Waals surface area contributed by atoms with Gasteiger partial charge in [-0.15, -0.1) is 0 Å². The molecule has 0 unspecified atom stereocenters. The van der Waals surface area contributed by atoms with Gasteiger partial charge in [0.25, 0.3) is 0 Å². The van der Waals surface area contributed by atoms with Gasteiger partial charge >= 0.3 is 0 Å². The Morgan fingerprint density at radius 1 is 1.22 bits per heavy atom. The number of fused-ring (bicyclic) bond motifs is 3. The van der Waals surface area contributed by atoms with Crippen LogP contribution in [0.25, 0.3) is 0 Å². The third kappa shape index (κ3) is 1.17. The molecule has 0 aromatic rings. The first-order valence-electron chi connectivity index (χ1n) is 3.63. The summed E-state index contributed by atoms with van der Waals surface area (Å²) in [5, 5.41) is 0. The fourth-order valence-electron chi connectivity index (χ4n) is 1.82. The normalized spacial score (nSPS) is 25.1. The van der Waals surface area contributed by atoms with Crippen LogP contribution in [0, 0.1) is 13.3 Å². The average molecular weight is 120 g/mol. The first-order valence-corrected chi connectivity index (χ1v) is 3.63. The standard InChI is InChI=1S/C8H12.C/c1-2-8-5-3-7(1)4-6-8;/h1,8H,2-6H2;. The first-order chi connectivity index (χ1) is 3.95. The molecule has 0 aromatic heterocycles. The second-order valence-electron chi connectivity index (χ2n) is 3.04. The topological polar surface area (TPSA) is 0 Å². The van der Waals surface area contributed by atoms with Crippen molar-refractivity contribution in [2.24, 2.45) is 5.92 Å². The number of allylic oxidation sites excluding steroid dienone is 2. The lowest BCUT2D eigenvalue weighted by atomic mass is 9.78. The summed E-state index contributed by atoms with van der Waals surface area (Å²) in [4.78, 5) is 0. The molecule has 48 valence electrons. The van der Waals surface area contributed by atoms with Crippen molar-refractivity contribution in [2.75, 3.05) is 0 Å². The van der Waals surface area contributed by atoms with E-state index in [2.05, 4.69) is 6.08 Å². The van der Waals surface area contributed by atoms with Crippen molar-refractivity contribution in [3.8, 4) is 0 Å². The summed E-state index contributed by atoms with van der Waals surface area (Å²) in [6.07, 6.45) is 9.68. The number of rotatable bonds is 0. The van der Waals surface area contributed by atoms with Crippen LogP contribution in [-0.2, 0) is 0 Å². The van der Waals surface area contributed by atoms with Gasteiger partial charge in [-0.1, -0.05) is 11.6 Å². The molecule has 0 aromatic carbocycles. The molecule has 0 heterocycles. The van der Waals surface area contributed by atoms with Crippen LogP contribution in [0.4, 0.5) is 0 Å². The molecule has 0 atom stereocenters. The maximum absolute atomic E-state index is 2.46. The Bertz CT molecular complexity index is 112. The van der Waals surface area contributed by atoms with Crippen LogP contribution in [0.15, 0.2) is 11.6 Å². The predicted octanol–water partition coefficient (Wildman–Crippen LogP) is 2.59. The fourth-order valence-corrected chi connectivity index (χ4v) is 1.82. The zero-order valence-electron chi connectivity index (χ0n) is 5.69. The molecule has 9 heavy (non-hydrogen) atoms. The van der Waals surface area contributed by atoms with E-state index in [4.69, 9.17) is 0 Å². The maximum atomic E-state index is 2.46. The van der Waals surface area contributed by atoms with Crippen molar-refractivity contribution in [3.05, 3.63) is 19.1 Å². The van der Waals surface area contributed by atoms with Crippen molar-refractivity contribution >= 4 is 0 Å². The van der Waals surface area contributed by atoms with Crippen molar-refractivity contribution in [1.29, 1.82) is 0 Å². The monoisotopic (exact) mass is 120 g/mol. The van der Waals surface area contributed by atoms with Crippen molar-refractivity contribution in [2.45, 2.75) is 32.1 Å². The van der Waals surface area contributed by atoms with Crippen LogP contribution in [0.1, 0.15) is 32.1 Å². The van der Waals surface area contributed by atoms with Gasteiger partial charge in [-0.25, -0.2) is 0 Å². The summed E-state index contributed by atoms with van der Waals surface area (Å²) in [5.41, 5.74) is 1.74. The van der Waals surface area contributed by atoms with Gasteiger partial charge in [0.2, 0.25) is 0 Å². The Morgan fingerprint density at radius 2 is 1.89 bits per heavy atom. The molecule has 0 aliphatic heterocycles. The van der Waals surface area contributed by atoms with Crippen LogP contribution in [-0.4, -0.2) is 0 Å². The summed E-state index contributed by atoms with van der Waals surface area (Å²) in [6, 6.07) is 0. The number of hydrogen-bond acceptors (Lipinski definition) is 0. The van der Waals surface area contributed by atoms with Crippen molar-refractivity contribution in [3.63, 3.8) is 0 Å². The van der Waals surface area contributed by atoms with Gasteiger partial charge in [-0.05, 0) is 38.0 Å². The molecular weight excluding hydrogens is 108 g/mol. The summed E-state index contributed by atoms with van der Waals surface area (Å²) in [6.45, 7) is 0. The van der Waals surface area contributed by atoms with Crippen LogP contribution in [0.2, 0.25) is 0 Å². The lowest BCUT2D eigenvalue weighted by molar-refractivity contribution is 0.384. The quantitative estimate of drug-likeness (QED) is 0.431.